The molecule has 0 radical (unpaired) electrons. The molecule has 6 nitrogen and oxygen atoms in total. The van der Waals surface area contributed by atoms with Gasteiger partial charge in [0.05, 0.1) is 6.42 Å². The van der Waals surface area contributed by atoms with E-state index in [0.717, 1.165) is 5.56 Å². The largest absolute Gasteiger partial charge is 0.486 e. The van der Waals surface area contributed by atoms with Crippen LogP contribution in [0.2, 0.25) is 0 Å². The number of hydrogen-bond acceptors (Lipinski definition) is 5. The van der Waals surface area contributed by atoms with Crippen molar-refractivity contribution < 1.29 is 23.8 Å². The summed E-state index contributed by atoms with van der Waals surface area (Å²) in [5, 5.41) is 2.69. The number of carbonyl (C=O) groups excluding carboxylic acids is 2. The first-order chi connectivity index (χ1) is 10.5. The minimum Gasteiger partial charge on any atom is -0.486 e. The van der Waals surface area contributed by atoms with Crippen molar-refractivity contribution in [3.05, 3.63) is 23.8 Å². The van der Waals surface area contributed by atoms with E-state index in [1.165, 1.54) is 0 Å². The summed E-state index contributed by atoms with van der Waals surface area (Å²) in [5.74, 6) is 0.931. The molecule has 1 aromatic carbocycles. The highest BCUT2D eigenvalue weighted by atomic mass is 16.6. The molecule has 0 saturated heterocycles. The lowest BCUT2D eigenvalue weighted by Crippen LogP contribution is -2.31. The molecule has 1 heterocycles. The number of carbonyl (C=O) groups is 2. The molecule has 1 aliphatic heterocycles. The lowest BCUT2D eigenvalue weighted by molar-refractivity contribution is -0.147. The van der Waals surface area contributed by atoms with Gasteiger partial charge in [-0.25, -0.2) is 0 Å². The highest BCUT2D eigenvalue weighted by molar-refractivity contribution is 5.81. The Balaban J connectivity index is 1.78. The SMILES string of the molecule is CC(C)CNC(=O)COC(=O)Cc1ccc2c(c1)OCCO2. The van der Waals surface area contributed by atoms with Crippen LogP contribution in [0.1, 0.15) is 19.4 Å². The second-order valence-corrected chi connectivity index (χ2v) is 5.51. The fourth-order valence-corrected chi connectivity index (χ4v) is 1.93. The fraction of sp³-hybridized carbons (Fsp3) is 0.500. The number of benzene rings is 1. The summed E-state index contributed by atoms with van der Waals surface area (Å²) >= 11 is 0. The van der Waals surface area contributed by atoms with Gasteiger partial charge in [0.15, 0.2) is 18.1 Å². The molecular formula is C16H21NO5. The van der Waals surface area contributed by atoms with E-state index in [1.54, 1.807) is 18.2 Å². The average molecular weight is 307 g/mol. The molecule has 0 unspecified atom stereocenters. The Kier molecular flexibility index (Phi) is 5.63. The van der Waals surface area contributed by atoms with Gasteiger partial charge in [-0.15, -0.1) is 0 Å². The number of rotatable bonds is 6. The van der Waals surface area contributed by atoms with Crippen LogP contribution >= 0.6 is 0 Å². The molecule has 1 amide bonds. The minimum atomic E-state index is -0.448. The third-order valence-corrected chi connectivity index (χ3v) is 3.03. The smallest absolute Gasteiger partial charge is 0.310 e. The van der Waals surface area contributed by atoms with Crippen molar-refractivity contribution in [3.8, 4) is 11.5 Å². The fourth-order valence-electron chi connectivity index (χ4n) is 1.93. The van der Waals surface area contributed by atoms with Crippen molar-refractivity contribution in [1.82, 2.24) is 5.32 Å². The average Bonchev–Trinajstić information content (AvgIpc) is 2.50. The summed E-state index contributed by atoms with van der Waals surface area (Å²) < 4.78 is 15.8. The van der Waals surface area contributed by atoms with Crippen LogP contribution in [0.15, 0.2) is 18.2 Å². The quantitative estimate of drug-likeness (QED) is 0.802. The number of fused-ring (bicyclic) bond motifs is 1. The molecule has 0 bridgehead atoms. The first-order valence-electron chi connectivity index (χ1n) is 7.35. The van der Waals surface area contributed by atoms with Crippen LogP contribution in [-0.2, 0) is 20.7 Å². The first kappa shape index (κ1) is 16.1. The van der Waals surface area contributed by atoms with E-state index in [2.05, 4.69) is 5.32 Å². The van der Waals surface area contributed by atoms with Crippen molar-refractivity contribution in [3.63, 3.8) is 0 Å². The summed E-state index contributed by atoms with van der Waals surface area (Å²) in [4.78, 5) is 23.2. The Morgan fingerprint density at radius 2 is 1.95 bits per heavy atom. The maximum atomic E-state index is 11.7. The maximum Gasteiger partial charge on any atom is 0.310 e. The van der Waals surface area contributed by atoms with Gasteiger partial charge < -0.3 is 19.5 Å². The normalized spacial score (nSPS) is 12.9. The monoisotopic (exact) mass is 307 g/mol. The summed E-state index contributed by atoms with van der Waals surface area (Å²) in [7, 11) is 0. The highest BCUT2D eigenvalue weighted by Gasteiger charge is 2.14. The minimum absolute atomic E-state index is 0.0914. The van der Waals surface area contributed by atoms with Gasteiger partial charge in [0.25, 0.3) is 5.91 Å². The third kappa shape index (κ3) is 4.95. The Labute approximate surface area is 129 Å². The molecule has 0 fully saturated rings. The molecule has 0 spiro atoms. The third-order valence-electron chi connectivity index (χ3n) is 3.03. The van der Waals surface area contributed by atoms with Gasteiger partial charge in [-0.3, -0.25) is 9.59 Å². The van der Waals surface area contributed by atoms with E-state index >= 15 is 0 Å². The zero-order valence-corrected chi connectivity index (χ0v) is 12.9. The van der Waals surface area contributed by atoms with E-state index in [9.17, 15) is 9.59 Å². The molecule has 0 aromatic heterocycles. The van der Waals surface area contributed by atoms with Crippen LogP contribution in [0.5, 0.6) is 11.5 Å². The number of nitrogens with one attached hydrogen (secondary N) is 1. The topological polar surface area (TPSA) is 73.9 Å². The van der Waals surface area contributed by atoms with E-state index < -0.39 is 5.97 Å². The van der Waals surface area contributed by atoms with E-state index in [1.807, 2.05) is 13.8 Å². The van der Waals surface area contributed by atoms with Gasteiger partial charge in [0.1, 0.15) is 13.2 Å². The zero-order chi connectivity index (χ0) is 15.9. The van der Waals surface area contributed by atoms with Crippen molar-refractivity contribution in [2.75, 3.05) is 26.4 Å². The Hall–Kier alpha value is -2.24. The van der Waals surface area contributed by atoms with Crippen molar-refractivity contribution >= 4 is 11.9 Å². The van der Waals surface area contributed by atoms with Crippen LogP contribution < -0.4 is 14.8 Å². The van der Waals surface area contributed by atoms with Crippen LogP contribution in [0.3, 0.4) is 0 Å². The van der Waals surface area contributed by atoms with Crippen molar-refractivity contribution in [1.29, 1.82) is 0 Å². The first-order valence-corrected chi connectivity index (χ1v) is 7.35. The van der Waals surface area contributed by atoms with Crippen LogP contribution in [0.4, 0.5) is 0 Å². The predicted octanol–water partition coefficient (Wildman–Crippen LogP) is 1.32. The molecule has 2 rings (SSSR count). The molecular weight excluding hydrogens is 286 g/mol. The van der Waals surface area contributed by atoms with Gasteiger partial charge in [-0.05, 0) is 23.6 Å². The summed E-state index contributed by atoms with van der Waals surface area (Å²) in [6.45, 7) is 5.33. The zero-order valence-electron chi connectivity index (χ0n) is 12.9. The van der Waals surface area contributed by atoms with Crippen LogP contribution in [0.25, 0.3) is 0 Å². The summed E-state index contributed by atoms with van der Waals surface area (Å²) in [6.07, 6.45) is 0.0914. The van der Waals surface area contributed by atoms with Gasteiger partial charge in [0, 0.05) is 6.54 Å². The van der Waals surface area contributed by atoms with Crippen LogP contribution in [-0.4, -0.2) is 38.2 Å². The van der Waals surface area contributed by atoms with Gasteiger partial charge >= 0.3 is 5.97 Å². The van der Waals surface area contributed by atoms with E-state index in [0.29, 0.717) is 37.2 Å². The van der Waals surface area contributed by atoms with E-state index in [-0.39, 0.29) is 18.9 Å². The van der Waals surface area contributed by atoms with Crippen molar-refractivity contribution in [2.45, 2.75) is 20.3 Å². The van der Waals surface area contributed by atoms with Gasteiger partial charge in [-0.2, -0.15) is 0 Å². The molecule has 1 N–H and O–H groups in total. The molecule has 0 aliphatic carbocycles. The Morgan fingerprint density at radius 3 is 2.68 bits per heavy atom. The second-order valence-electron chi connectivity index (χ2n) is 5.51. The molecule has 0 atom stereocenters. The lowest BCUT2D eigenvalue weighted by atomic mass is 10.1. The molecule has 1 aromatic rings. The molecule has 1 aliphatic rings. The standard InChI is InChI=1S/C16H21NO5/c1-11(2)9-17-15(18)10-22-16(19)8-12-3-4-13-14(7-12)21-6-5-20-13/h3-4,7,11H,5-6,8-10H2,1-2H3,(H,17,18). The summed E-state index contributed by atoms with van der Waals surface area (Å²) in [6, 6.07) is 5.31. The number of amides is 1. The maximum absolute atomic E-state index is 11.7. The number of hydrogen-bond donors (Lipinski definition) is 1. The van der Waals surface area contributed by atoms with Crippen LogP contribution in [0, 0.1) is 5.92 Å². The number of esters is 1. The second kappa shape index (κ2) is 7.68. The highest BCUT2D eigenvalue weighted by Crippen LogP contribution is 2.30. The Bertz CT molecular complexity index is 541. The molecule has 0 saturated carbocycles. The predicted molar refractivity (Wildman–Crippen MR) is 79.9 cm³/mol. The molecule has 120 valence electrons. The lowest BCUT2D eigenvalue weighted by Gasteiger charge is -2.18. The van der Waals surface area contributed by atoms with Crippen molar-refractivity contribution in [2.24, 2.45) is 5.92 Å². The van der Waals surface area contributed by atoms with Gasteiger partial charge in [0.2, 0.25) is 0 Å². The molecule has 22 heavy (non-hydrogen) atoms. The Morgan fingerprint density at radius 1 is 1.23 bits per heavy atom. The molecule has 6 heteroatoms. The summed E-state index contributed by atoms with van der Waals surface area (Å²) in [5.41, 5.74) is 0.761. The van der Waals surface area contributed by atoms with Gasteiger partial charge in [-0.1, -0.05) is 19.9 Å². The number of ether oxygens (including phenoxy) is 3. The van der Waals surface area contributed by atoms with E-state index in [4.69, 9.17) is 14.2 Å².